The largest absolute Gasteiger partial charge is 0.423 e. The van der Waals surface area contributed by atoms with E-state index in [1.54, 1.807) is 0 Å². The minimum atomic E-state index is 0.0352. The van der Waals surface area contributed by atoms with Gasteiger partial charge in [0.2, 0.25) is 0 Å². The molecule has 1 atom stereocenters. The second-order valence-corrected chi connectivity index (χ2v) is 5.41. The lowest BCUT2D eigenvalue weighted by Crippen LogP contribution is -2.22. The number of oxazole rings is 1. The highest BCUT2D eigenvalue weighted by molar-refractivity contribution is 6.31. The maximum atomic E-state index is 6.26. The maximum Gasteiger partial charge on any atom is 0.298 e. The molecule has 1 heterocycles. The van der Waals surface area contributed by atoms with Crippen LogP contribution in [0.25, 0.3) is 11.1 Å². The normalized spacial score (nSPS) is 12.5. The quantitative estimate of drug-likeness (QED) is 0.734. The summed E-state index contributed by atoms with van der Waals surface area (Å²) in [7, 11) is 1.93. The molecular formula is C16H16ClN3O. The number of rotatable bonds is 3. The van der Waals surface area contributed by atoms with E-state index in [1.807, 2.05) is 54.4 Å². The monoisotopic (exact) mass is 301 g/mol. The van der Waals surface area contributed by atoms with E-state index in [4.69, 9.17) is 21.8 Å². The summed E-state index contributed by atoms with van der Waals surface area (Å²) in [6.07, 6.45) is 0. The SMILES string of the molecule is CC(c1ccccc1Cl)N(C)c1nc2c(N)cccc2o1. The van der Waals surface area contributed by atoms with Gasteiger partial charge in [-0.25, -0.2) is 0 Å². The van der Waals surface area contributed by atoms with Gasteiger partial charge in [0.15, 0.2) is 5.58 Å². The summed E-state index contributed by atoms with van der Waals surface area (Å²) in [5, 5.41) is 0.729. The fraction of sp³-hybridized carbons (Fsp3) is 0.188. The van der Waals surface area contributed by atoms with E-state index in [-0.39, 0.29) is 6.04 Å². The number of benzene rings is 2. The van der Waals surface area contributed by atoms with Crippen molar-refractivity contribution in [2.75, 3.05) is 17.7 Å². The highest BCUT2D eigenvalue weighted by atomic mass is 35.5. The van der Waals surface area contributed by atoms with Crippen LogP contribution < -0.4 is 10.6 Å². The first-order chi connectivity index (χ1) is 10.1. The van der Waals surface area contributed by atoms with Crippen molar-refractivity contribution < 1.29 is 4.42 Å². The highest BCUT2D eigenvalue weighted by Crippen LogP contribution is 2.32. The van der Waals surface area contributed by atoms with Crippen LogP contribution in [0.3, 0.4) is 0 Å². The molecule has 0 aliphatic heterocycles. The van der Waals surface area contributed by atoms with Gasteiger partial charge in [0.05, 0.1) is 11.7 Å². The minimum Gasteiger partial charge on any atom is -0.423 e. The van der Waals surface area contributed by atoms with Crippen LogP contribution in [0.15, 0.2) is 46.9 Å². The summed E-state index contributed by atoms with van der Waals surface area (Å²) in [5.41, 5.74) is 8.93. The van der Waals surface area contributed by atoms with E-state index in [0.717, 1.165) is 10.6 Å². The fourth-order valence-electron chi connectivity index (χ4n) is 2.30. The molecule has 0 spiro atoms. The predicted molar refractivity (Wildman–Crippen MR) is 86.7 cm³/mol. The Balaban J connectivity index is 1.98. The molecule has 0 saturated heterocycles. The number of nitrogens with two attached hydrogens (primary N) is 1. The molecule has 0 radical (unpaired) electrons. The number of nitrogens with zero attached hydrogens (tertiary/aromatic N) is 2. The van der Waals surface area contributed by atoms with Gasteiger partial charge >= 0.3 is 0 Å². The average Bonchev–Trinajstić information content (AvgIpc) is 2.92. The van der Waals surface area contributed by atoms with Gasteiger partial charge in [-0.15, -0.1) is 0 Å². The number of halogens is 1. The van der Waals surface area contributed by atoms with Gasteiger partial charge in [-0.2, -0.15) is 4.98 Å². The molecule has 0 fully saturated rings. The Hall–Kier alpha value is -2.20. The summed E-state index contributed by atoms with van der Waals surface area (Å²) in [6.45, 7) is 2.05. The average molecular weight is 302 g/mol. The third kappa shape index (κ3) is 2.43. The summed E-state index contributed by atoms with van der Waals surface area (Å²) in [4.78, 5) is 6.42. The van der Waals surface area contributed by atoms with Crippen molar-refractivity contribution in [2.45, 2.75) is 13.0 Å². The zero-order chi connectivity index (χ0) is 15.0. The van der Waals surface area contributed by atoms with Crippen LogP contribution in [0.1, 0.15) is 18.5 Å². The summed E-state index contributed by atoms with van der Waals surface area (Å²) < 4.78 is 5.78. The molecule has 0 aliphatic rings. The first-order valence-corrected chi connectivity index (χ1v) is 7.08. The third-order valence-electron chi connectivity index (χ3n) is 3.68. The molecule has 21 heavy (non-hydrogen) atoms. The van der Waals surface area contributed by atoms with Crippen molar-refractivity contribution in [1.29, 1.82) is 0 Å². The van der Waals surface area contributed by atoms with Crippen LogP contribution >= 0.6 is 11.6 Å². The van der Waals surface area contributed by atoms with E-state index in [9.17, 15) is 0 Å². The van der Waals surface area contributed by atoms with Gasteiger partial charge in [-0.3, -0.25) is 0 Å². The van der Waals surface area contributed by atoms with E-state index < -0.39 is 0 Å². The topological polar surface area (TPSA) is 55.3 Å². The second-order valence-electron chi connectivity index (χ2n) is 5.00. The Morgan fingerprint density at radius 2 is 1.95 bits per heavy atom. The van der Waals surface area contributed by atoms with Crippen LogP contribution in [0.2, 0.25) is 5.02 Å². The molecule has 0 amide bonds. The van der Waals surface area contributed by atoms with Crippen LogP contribution in [0.4, 0.5) is 11.7 Å². The molecule has 108 valence electrons. The van der Waals surface area contributed by atoms with Gasteiger partial charge in [-0.1, -0.05) is 35.9 Å². The number of anilines is 2. The predicted octanol–water partition coefficient (Wildman–Crippen LogP) is 4.26. The Labute approximate surface area is 128 Å². The van der Waals surface area contributed by atoms with Crippen molar-refractivity contribution in [3.05, 3.63) is 53.1 Å². The van der Waals surface area contributed by atoms with Crippen molar-refractivity contribution in [3.8, 4) is 0 Å². The fourth-order valence-corrected chi connectivity index (χ4v) is 2.59. The number of para-hydroxylation sites is 1. The van der Waals surface area contributed by atoms with Crippen molar-refractivity contribution in [2.24, 2.45) is 0 Å². The van der Waals surface area contributed by atoms with E-state index in [1.165, 1.54) is 0 Å². The molecule has 0 aliphatic carbocycles. The van der Waals surface area contributed by atoms with Crippen LogP contribution in [-0.4, -0.2) is 12.0 Å². The summed E-state index contributed by atoms with van der Waals surface area (Å²) in [6, 6.07) is 13.8. The Bertz CT molecular complexity index is 784. The van der Waals surface area contributed by atoms with Gasteiger partial charge in [0.1, 0.15) is 5.52 Å². The van der Waals surface area contributed by atoms with Crippen molar-refractivity contribution in [3.63, 3.8) is 0 Å². The number of aromatic nitrogens is 1. The number of fused-ring (bicyclic) bond motifs is 1. The van der Waals surface area contributed by atoms with Gasteiger partial charge in [0.25, 0.3) is 6.01 Å². The van der Waals surface area contributed by atoms with Crippen LogP contribution in [0.5, 0.6) is 0 Å². The molecule has 3 rings (SSSR count). The molecule has 4 nitrogen and oxygen atoms in total. The summed E-state index contributed by atoms with van der Waals surface area (Å²) >= 11 is 6.26. The first-order valence-electron chi connectivity index (χ1n) is 6.70. The van der Waals surface area contributed by atoms with E-state index in [2.05, 4.69) is 11.9 Å². The molecule has 2 aromatic carbocycles. The van der Waals surface area contributed by atoms with E-state index in [0.29, 0.717) is 22.8 Å². The van der Waals surface area contributed by atoms with Gasteiger partial charge in [0, 0.05) is 12.1 Å². The standard InChI is InChI=1S/C16H16ClN3O/c1-10(11-6-3-4-7-12(11)17)20(2)16-19-15-13(18)8-5-9-14(15)21-16/h3-10H,18H2,1-2H3. The number of nitrogen functional groups attached to an aromatic ring is 1. The molecule has 2 N–H and O–H groups in total. The zero-order valence-corrected chi connectivity index (χ0v) is 12.6. The first kappa shape index (κ1) is 13.8. The lowest BCUT2D eigenvalue weighted by Gasteiger charge is -2.24. The molecule has 5 heteroatoms. The second kappa shape index (κ2) is 5.30. The Kier molecular flexibility index (Phi) is 3.47. The molecule has 1 unspecified atom stereocenters. The number of hydrogen-bond acceptors (Lipinski definition) is 4. The Morgan fingerprint density at radius 3 is 2.67 bits per heavy atom. The highest BCUT2D eigenvalue weighted by Gasteiger charge is 2.19. The lowest BCUT2D eigenvalue weighted by molar-refractivity contribution is 0.557. The lowest BCUT2D eigenvalue weighted by atomic mass is 10.1. The third-order valence-corrected chi connectivity index (χ3v) is 4.02. The Morgan fingerprint density at radius 1 is 1.19 bits per heavy atom. The molecular weight excluding hydrogens is 286 g/mol. The number of hydrogen-bond donors (Lipinski definition) is 1. The van der Waals surface area contributed by atoms with Crippen LogP contribution in [-0.2, 0) is 0 Å². The smallest absolute Gasteiger partial charge is 0.298 e. The van der Waals surface area contributed by atoms with Crippen LogP contribution in [0, 0.1) is 0 Å². The molecule has 0 saturated carbocycles. The molecule has 3 aromatic rings. The zero-order valence-electron chi connectivity index (χ0n) is 11.9. The van der Waals surface area contributed by atoms with Gasteiger partial charge < -0.3 is 15.1 Å². The maximum absolute atomic E-state index is 6.26. The minimum absolute atomic E-state index is 0.0352. The molecule has 0 bridgehead atoms. The van der Waals surface area contributed by atoms with E-state index >= 15 is 0 Å². The summed E-state index contributed by atoms with van der Waals surface area (Å²) in [5.74, 6) is 0. The van der Waals surface area contributed by atoms with Crippen molar-refractivity contribution in [1.82, 2.24) is 4.98 Å². The van der Waals surface area contributed by atoms with Gasteiger partial charge in [-0.05, 0) is 30.7 Å². The van der Waals surface area contributed by atoms with Crippen molar-refractivity contribution >= 4 is 34.4 Å². The molecule has 1 aromatic heterocycles.